The molecule has 1 N–H and O–H groups in total. The van der Waals surface area contributed by atoms with Crippen molar-refractivity contribution in [1.82, 2.24) is 10.2 Å². The van der Waals surface area contributed by atoms with Gasteiger partial charge in [-0.15, -0.1) is 11.8 Å². The highest BCUT2D eigenvalue weighted by Crippen LogP contribution is 2.18. The second kappa shape index (κ2) is 11.2. The van der Waals surface area contributed by atoms with Gasteiger partial charge < -0.3 is 10.2 Å². The maximum absolute atomic E-state index is 12.8. The van der Waals surface area contributed by atoms with Crippen molar-refractivity contribution < 1.29 is 14.5 Å². The third-order valence-corrected chi connectivity index (χ3v) is 5.53. The summed E-state index contributed by atoms with van der Waals surface area (Å²) in [6.45, 7) is 2.18. The van der Waals surface area contributed by atoms with Gasteiger partial charge in [0, 0.05) is 31.5 Å². The Morgan fingerprint density at radius 3 is 2.34 bits per heavy atom. The molecular formula is C21H25N3O4S. The summed E-state index contributed by atoms with van der Waals surface area (Å²) >= 11 is 1.42. The largest absolute Gasteiger partial charge is 0.357 e. The van der Waals surface area contributed by atoms with E-state index < -0.39 is 11.0 Å². The summed E-state index contributed by atoms with van der Waals surface area (Å²) in [6.07, 6.45) is 0.668. The van der Waals surface area contributed by atoms with Gasteiger partial charge in [0.25, 0.3) is 5.69 Å². The van der Waals surface area contributed by atoms with Gasteiger partial charge in [0.05, 0.1) is 10.7 Å². The SMILES string of the molecule is CNC(=O)[C@H](C)N(CCc1ccccc1)C(=O)CSCc1ccc([N+](=O)[O-])cc1. The van der Waals surface area contributed by atoms with Gasteiger partial charge in [-0.3, -0.25) is 19.7 Å². The van der Waals surface area contributed by atoms with Crippen LogP contribution in [0.3, 0.4) is 0 Å². The van der Waals surface area contributed by atoms with Gasteiger partial charge in [-0.2, -0.15) is 0 Å². The Morgan fingerprint density at radius 1 is 1.10 bits per heavy atom. The Balaban J connectivity index is 1.94. The number of carbonyl (C=O) groups excluding carboxylic acids is 2. The summed E-state index contributed by atoms with van der Waals surface area (Å²) in [4.78, 5) is 36.8. The molecule has 0 aliphatic heterocycles. The molecule has 1 atom stereocenters. The summed E-state index contributed by atoms with van der Waals surface area (Å²) in [5.41, 5.74) is 2.05. The number of rotatable bonds is 10. The van der Waals surface area contributed by atoms with E-state index in [1.807, 2.05) is 30.3 Å². The highest BCUT2D eigenvalue weighted by molar-refractivity contribution is 7.99. The van der Waals surface area contributed by atoms with Gasteiger partial charge in [-0.05, 0) is 24.5 Å². The fourth-order valence-electron chi connectivity index (χ4n) is 2.83. The Labute approximate surface area is 174 Å². The number of benzene rings is 2. The zero-order chi connectivity index (χ0) is 21.2. The van der Waals surface area contributed by atoms with Crippen LogP contribution in [-0.4, -0.2) is 47.0 Å². The topological polar surface area (TPSA) is 92.6 Å². The predicted octanol–water partition coefficient (Wildman–Crippen LogP) is 3.03. The average molecular weight is 416 g/mol. The molecule has 0 aliphatic rings. The van der Waals surface area contributed by atoms with Crippen LogP contribution in [-0.2, 0) is 21.8 Å². The molecule has 0 spiro atoms. The molecule has 0 aromatic heterocycles. The predicted molar refractivity (Wildman–Crippen MR) is 115 cm³/mol. The maximum atomic E-state index is 12.8. The van der Waals surface area contributed by atoms with Crippen LogP contribution in [0.4, 0.5) is 5.69 Å². The molecule has 0 heterocycles. The summed E-state index contributed by atoms with van der Waals surface area (Å²) in [5.74, 6) is 0.480. The van der Waals surface area contributed by atoms with Crippen LogP contribution in [0.15, 0.2) is 54.6 Å². The molecule has 8 heteroatoms. The van der Waals surface area contributed by atoms with Crippen molar-refractivity contribution in [3.8, 4) is 0 Å². The summed E-state index contributed by atoms with van der Waals surface area (Å²) in [6, 6.07) is 15.6. The van der Waals surface area contributed by atoms with Crippen LogP contribution in [0.5, 0.6) is 0 Å². The fraction of sp³-hybridized carbons (Fsp3) is 0.333. The molecule has 0 unspecified atom stereocenters. The second-order valence-corrected chi connectivity index (χ2v) is 7.51. The van der Waals surface area contributed by atoms with Crippen LogP contribution in [0.2, 0.25) is 0 Å². The van der Waals surface area contributed by atoms with Gasteiger partial charge in [0.1, 0.15) is 6.04 Å². The highest BCUT2D eigenvalue weighted by atomic mass is 32.2. The number of hydrogen-bond acceptors (Lipinski definition) is 5. The van der Waals surface area contributed by atoms with Crippen molar-refractivity contribution in [2.75, 3.05) is 19.3 Å². The van der Waals surface area contributed by atoms with Crippen LogP contribution in [0.1, 0.15) is 18.1 Å². The van der Waals surface area contributed by atoms with E-state index in [-0.39, 0.29) is 23.3 Å². The number of amides is 2. The maximum Gasteiger partial charge on any atom is 0.269 e. The smallest absolute Gasteiger partial charge is 0.269 e. The number of thioether (sulfide) groups is 1. The van der Waals surface area contributed by atoms with Gasteiger partial charge >= 0.3 is 0 Å². The number of likely N-dealkylation sites (N-methyl/N-ethyl adjacent to an activating group) is 1. The first-order valence-corrected chi connectivity index (χ1v) is 10.4. The lowest BCUT2D eigenvalue weighted by atomic mass is 10.1. The molecular weight excluding hydrogens is 390 g/mol. The molecule has 0 bridgehead atoms. The second-order valence-electron chi connectivity index (χ2n) is 6.53. The lowest BCUT2D eigenvalue weighted by Crippen LogP contribution is -2.48. The monoisotopic (exact) mass is 415 g/mol. The minimum absolute atomic E-state index is 0.0429. The molecule has 154 valence electrons. The van der Waals surface area contributed by atoms with E-state index in [0.29, 0.717) is 18.7 Å². The van der Waals surface area contributed by atoms with Crippen molar-refractivity contribution >= 4 is 29.3 Å². The zero-order valence-electron chi connectivity index (χ0n) is 16.5. The summed E-state index contributed by atoms with van der Waals surface area (Å²) < 4.78 is 0. The number of nitrogens with one attached hydrogen (secondary N) is 1. The van der Waals surface area contributed by atoms with Crippen molar-refractivity contribution in [1.29, 1.82) is 0 Å². The number of nitrogens with zero attached hydrogens (tertiary/aromatic N) is 2. The molecule has 0 saturated carbocycles. The lowest BCUT2D eigenvalue weighted by Gasteiger charge is -2.28. The van der Waals surface area contributed by atoms with Gasteiger partial charge in [-0.25, -0.2) is 0 Å². The van der Waals surface area contributed by atoms with E-state index in [4.69, 9.17) is 0 Å². The number of non-ortho nitro benzene ring substituents is 1. The first-order chi connectivity index (χ1) is 13.9. The van der Waals surface area contributed by atoms with Crippen LogP contribution >= 0.6 is 11.8 Å². The molecule has 0 saturated heterocycles. The van der Waals surface area contributed by atoms with Crippen LogP contribution < -0.4 is 5.32 Å². The van der Waals surface area contributed by atoms with Gasteiger partial charge in [0.2, 0.25) is 11.8 Å². The first kappa shape index (κ1) is 22.4. The Hall–Kier alpha value is -2.87. The molecule has 29 heavy (non-hydrogen) atoms. The van der Waals surface area contributed by atoms with Crippen LogP contribution in [0, 0.1) is 10.1 Å². The minimum Gasteiger partial charge on any atom is -0.357 e. The van der Waals surface area contributed by atoms with E-state index >= 15 is 0 Å². The number of hydrogen-bond donors (Lipinski definition) is 1. The molecule has 2 rings (SSSR count). The van der Waals surface area contributed by atoms with Gasteiger partial charge in [-0.1, -0.05) is 42.5 Å². The Kier molecular flexibility index (Phi) is 8.67. The van der Waals surface area contributed by atoms with Crippen molar-refractivity contribution in [3.63, 3.8) is 0 Å². The third-order valence-electron chi connectivity index (χ3n) is 4.54. The van der Waals surface area contributed by atoms with E-state index in [1.54, 1.807) is 31.0 Å². The minimum atomic E-state index is -0.559. The average Bonchev–Trinajstić information content (AvgIpc) is 2.74. The molecule has 0 aliphatic carbocycles. The molecule has 2 aromatic carbocycles. The summed E-state index contributed by atoms with van der Waals surface area (Å²) in [7, 11) is 1.56. The Bertz CT molecular complexity index is 828. The van der Waals surface area contributed by atoms with Gasteiger partial charge in [0.15, 0.2) is 0 Å². The molecule has 2 aromatic rings. The quantitative estimate of drug-likeness (QED) is 0.476. The molecule has 0 fully saturated rings. The normalized spacial score (nSPS) is 11.5. The fourth-order valence-corrected chi connectivity index (χ4v) is 3.70. The Morgan fingerprint density at radius 2 is 1.76 bits per heavy atom. The van der Waals surface area contributed by atoms with Crippen LogP contribution in [0.25, 0.3) is 0 Å². The highest BCUT2D eigenvalue weighted by Gasteiger charge is 2.24. The number of carbonyl (C=O) groups is 2. The van der Waals surface area contributed by atoms with E-state index in [9.17, 15) is 19.7 Å². The first-order valence-electron chi connectivity index (χ1n) is 9.28. The molecule has 7 nitrogen and oxygen atoms in total. The van der Waals surface area contributed by atoms with E-state index in [1.165, 1.54) is 23.9 Å². The number of nitro groups is 1. The third kappa shape index (κ3) is 6.90. The van der Waals surface area contributed by atoms with Crippen molar-refractivity contribution in [3.05, 3.63) is 75.8 Å². The van der Waals surface area contributed by atoms with Crippen molar-refractivity contribution in [2.45, 2.75) is 25.1 Å². The van der Waals surface area contributed by atoms with Crippen molar-refractivity contribution in [2.24, 2.45) is 0 Å². The van der Waals surface area contributed by atoms with E-state index in [2.05, 4.69) is 5.32 Å². The lowest BCUT2D eigenvalue weighted by molar-refractivity contribution is -0.384. The molecule has 2 amide bonds. The summed E-state index contributed by atoms with van der Waals surface area (Å²) in [5, 5.41) is 13.3. The zero-order valence-corrected chi connectivity index (χ0v) is 17.4. The number of nitro benzene ring substituents is 1. The van der Waals surface area contributed by atoms with E-state index in [0.717, 1.165) is 11.1 Å². The standard InChI is InChI=1S/C21H25N3O4S/c1-16(21(26)22-2)23(13-12-17-6-4-3-5-7-17)20(25)15-29-14-18-8-10-19(11-9-18)24(27)28/h3-11,16H,12-15H2,1-2H3,(H,22,26)/t16-/m0/s1. The molecule has 0 radical (unpaired) electrons.